The van der Waals surface area contributed by atoms with Gasteiger partial charge in [-0.25, -0.2) is 4.98 Å². The van der Waals surface area contributed by atoms with Crippen molar-refractivity contribution < 1.29 is 41.5 Å². The van der Waals surface area contributed by atoms with Gasteiger partial charge in [-0.15, -0.1) is 0 Å². The Bertz CT molecular complexity index is 3100. The van der Waals surface area contributed by atoms with Crippen LogP contribution in [-0.2, 0) is 33.0 Å². The van der Waals surface area contributed by atoms with Gasteiger partial charge in [-0.1, -0.05) is 6.07 Å². The molecule has 0 bridgehead atoms. The van der Waals surface area contributed by atoms with Gasteiger partial charge in [0, 0.05) is 87.5 Å². The largest absolute Gasteiger partial charge is 0.417 e. The number of alkyl halides is 3. The van der Waals surface area contributed by atoms with E-state index in [0.717, 1.165) is 86.9 Å². The van der Waals surface area contributed by atoms with Crippen LogP contribution < -0.4 is 20.0 Å². The van der Waals surface area contributed by atoms with Gasteiger partial charge in [0.05, 0.1) is 39.4 Å². The van der Waals surface area contributed by atoms with Crippen molar-refractivity contribution in [3.63, 3.8) is 0 Å². The molecular formula is C50H45F4N9O5. The van der Waals surface area contributed by atoms with Crippen molar-refractivity contribution in [3.8, 4) is 17.2 Å². The minimum Gasteiger partial charge on any atom is -0.371 e. The molecule has 68 heavy (non-hydrogen) atoms. The molecule has 6 aliphatic rings. The third-order valence-electron chi connectivity index (χ3n) is 15.1. The summed E-state index contributed by atoms with van der Waals surface area (Å²) >= 11 is 0. The number of carbonyl (C=O) groups is 5. The third kappa shape index (κ3) is 6.67. The minimum absolute atomic E-state index is 0.0182. The van der Waals surface area contributed by atoms with Crippen molar-refractivity contribution in [2.24, 2.45) is 18.4 Å². The normalized spacial score (nSPS) is 21.3. The fourth-order valence-electron chi connectivity index (χ4n) is 11.4. The highest BCUT2D eigenvalue weighted by Gasteiger charge is 2.50. The zero-order valence-electron chi connectivity index (χ0n) is 37.4. The van der Waals surface area contributed by atoms with Crippen LogP contribution in [0.3, 0.4) is 0 Å². The molecule has 2 aromatic heterocycles. The number of amides is 5. The molecule has 4 saturated heterocycles. The Labute approximate surface area is 387 Å². The van der Waals surface area contributed by atoms with Gasteiger partial charge >= 0.3 is 6.18 Å². The number of fused-ring (bicyclic) bond motifs is 4. The zero-order valence-corrected chi connectivity index (χ0v) is 37.4. The van der Waals surface area contributed by atoms with Gasteiger partial charge in [0.25, 0.3) is 11.8 Å². The van der Waals surface area contributed by atoms with Gasteiger partial charge in [-0.05, 0) is 110 Å². The van der Waals surface area contributed by atoms with E-state index in [1.165, 1.54) is 11.0 Å². The second kappa shape index (κ2) is 15.2. The number of anilines is 4. The number of likely N-dealkylation sites (tertiary alicyclic amines) is 1. The maximum Gasteiger partial charge on any atom is 0.417 e. The molecule has 6 aliphatic heterocycles. The molecule has 1 N–H and O–H groups in total. The molecule has 14 nitrogen and oxygen atoms in total. The number of hydrogen-bond acceptors (Lipinski definition) is 10. The van der Waals surface area contributed by atoms with Crippen molar-refractivity contribution in [1.29, 1.82) is 5.26 Å². The molecule has 5 aromatic rings. The summed E-state index contributed by atoms with van der Waals surface area (Å²) in [5, 5.41) is 12.2. The number of piperidine rings is 2. The van der Waals surface area contributed by atoms with Crippen molar-refractivity contribution in [3.05, 3.63) is 101 Å². The molecule has 1 spiro atoms. The van der Waals surface area contributed by atoms with Gasteiger partial charge in [-0.3, -0.25) is 39.1 Å². The second-order valence-electron chi connectivity index (χ2n) is 19.7. The van der Waals surface area contributed by atoms with E-state index in [2.05, 4.69) is 25.0 Å². The number of aryl methyl sites for hydroxylation is 1. The molecule has 1 atom stereocenters. The average Bonchev–Trinajstić information content (AvgIpc) is 3.80. The number of nitrogens with zero attached hydrogens (tertiary/aromatic N) is 8. The van der Waals surface area contributed by atoms with Crippen LogP contribution >= 0.6 is 0 Å². The number of nitrogens with one attached hydrogen (secondary N) is 1. The summed E-state index contributed by atoms with van der Waals surface area (Å²) in [7, 11) is 1.76. The zero-order chi connectivity index (χ0) is 47.8. The van der Waals surface area contributed by atoms with E-state index in [1.54, 1.807) is 61.9 Å². The number of aromatic nitrogens is 2. The lowest BCUT2D eigenvalue weighted by Gasteiger charge is -2.56. The average molecular weight is 928 g/mol. The Morgan fingerprint density at radius 1 is 0.882 bits per heavy atom. The summed E-state index contributed by atoms with van der Waals surface area (Å²) in [6.45, 7) is 9.56. The number of benzene rings is 3. The molecule has 0 aliphatic carbocycles. The van der Waals surface area contributed by atoms with Gasteiger partial charge in [-0.2, -0.15) is 22.8 Å². The lowest BCUT2D eigenvalue weighted by molar-refractivity contribution is -0.138. The van der Waals surface area contributed by atoms with Crippen LogP contribution in [-0.4, -0.2) is 101 Å². The van der Waals surface area contributed by atoms with Crippen LogP contribution in [0.4, 0.5) is 40.4 Å². The second-order valence-corrected chi connectivity index (χ2v) is 19.7. The number of imide groups is 2. The lowest BCUT2D eigenvalue weighted by atomic mass is 9.71. The molecular weight excluding hydrogens is 883 g/mol. The summed E-state index contributed by atoms with van der Waals surface area (Å²) in [6, 6.07) is 18.0. The Balaban J connectivity index is 0.689. The summed E-state index contributed by atoms with van der Waals surface area (Å²) in [5.41, 5.74) is 1.38. The van der Waals surface area contributed by atoms with Gasteiger partial charge in [0.1, 0.15) is 17.6 Å². The molecule has 4 fully saturated rings. The van der Waals surface area contributed by atoms with E-state index in [0.29, 0.717) is 39.5 Å². The summed E-state index contributed by atoms with van der Waals surface area (Å²) in [4.78, 5) is 78.6. The van der Waals surface area contributed by atoms with Crippen LogP contribution in [0.2, 0.25) is 0 Å². The molecule has 11 rings (SSSR count). The molecule has 18 heteroatoms. The predicted molar refractivity (Wildman–Crippen MR) is 242 cm³/mol. The monoisotopic (exact) mass is 927 g/mol. The molecule has 3 aromatic carbocycles. The van der Waals surface area contributed by atoms with Crippen molar-refractivity contribution >= 4 is 63.3 Å². The van der Waals surface area contributed by atoms with Crippen molar-refractivity contribution in [2.75, 3.05) is 60.5 Å². The van der Waals surface area contributed by atoms with E-state index in [-0.39, 0.29) is 35.2 Å². The molecule has 1 unspecified atom stereocenters. The highest BCUT2D eigenvalue weighted by atomic mass is 19.4. The van der Waals surface area contributed by atoms with Crippen LogP contribution in [0.5, 0.6) is 0 Å². The maximum atomic E-state index is 15.8. The molecule has 0 saturated carbocycles. The lowest BCUT2D eigenvalue weighted by Crippen LogP contribution is -2.63. The van der Waals surface area contributed by atoms with Gasteiger partial charge < -0.3 is 19.3 Å². The van der Waals surface area contributed by atoms with Crippen LogP contribution in [0.1, 0.15) is 77.1 Å². The van der Waals surface area contributed by atoms with Crippen LogP contribution in [0.25, 0.3) is 22.0 Å². The number of halogens is 4. The highest BCUT2D eigenvalue weighted by molar-refractivity contribution is 6.28. The summed E-state index contributed by atoms with van der Waals surface area (Å²) in [6.07, 6.45) is -2.56. The SMILES string of the molecule is Cn1c2c(c3ccc(N4CCC5(CC4)CN(CC4CN(c6ccc(-c7ccc8c(c7)C(C)(C)C(=O)N8c7ccc(C#N)c(C(F)(F)F)c7)c(F)n6)C4)C5)cc31)C(=O)N(C1CCC(=O)NC1=O)C2=O. The highest BCUT2D eigenvalue weighted by Crippen LogP contribution is 2.49. The van der Waals surface area contributed by atoms with E-state index in [4.69, 9.17) is 0 Å². The van der Waals surface area contributed by atoms with Crippen LogP contribution in [0.15, 0.2) is 66.7 Å². The fraction of sp³-hybridized carbons (Fsp3) is 0.380. The number of pyridine rings is 1. The first-order valence-electron chi connectivity index (χ1n) is 22.7. The van der Waals surface area contributed by atoms with E-state index in [9.17, 15) is 42.4 Å². The number of carbonyl (C=O) groups excluding carboxylic acids is 5. The smallest absolute Gasteiger partial charge is 0.371 e. The van der Waals surface area contributed by atoms with Gasteiger partial charge in [0.15, 0.2) is 0 Å². The van der Waals surface area contributed by atoms with E-state index < -0.39 is 64.2 Å². The topological polar surface area (TPSA) is 155 Å². The third-order valence-corrected chi connectivity index (χ3v) is 15.1. The van der Waals surface area contributed by atoms with E-state index >= 15 is 4.39 Å². The Morgan fingerprint density at radius 2 is 1.62 bits per heavy atom. The molecule has 5 amide bonds. The number of hydrogen-bond donors (Lipinski definition) is 1. The fourth-order valence-corrected chi connectivity index (χ4v) is 11.4. The van der Waals surface area contributed by atoms with Crippen LogP contribution in [0, 0.1) is 28.6 Å². The molecule has 0 radical (unpaired) electrons. The quantitative estimate of drug-likeness (QED) is 0.106. The summed E-state index contributed by atoms with van der Waals surface area (Å²) < 4.78 is 59.0. The van der Waals surface area contributed by atoms with Crippen molar-refractivity contribution in [2.45, 2.75) is 57.2 Å². The molecule has 8 heterocycles. The molecule has 348 valence electrons. The standard InChI is InChI=1S/C50H45F4N9O5/c1-48(2)35-18-28(5-10-36(35)62(47(48)68)31-6-4-29(21-55)34(19-31)50(52,53)54)32-9-12-39(56-43(32)51)61-23-27(24-61)22-59-25-49(26-59)14-16-60(17-15-49)30-7-8-33-38(20-30)58(3)42-41(33)45(66)63(46(42)67)37-11-13-40(64)57-44(37)65/h4-10,12,18-20,27,37H,11,13-17,22-26H2,1-3H3,(H,57,64,65). The first kappa shape index (κ1) is 43.4. The van der Waals surface area contributed by atoms with Gasteiger partial charge in [0.2, 0.25) is 23.7 Å². The maximum absolute atomic E-state index is 15.8. The van der Waals surface area contributed by atoms with Crippen molar-refractivity contribution in [1.82, 2.24) is 24.7 Å². The number of rotatable bonds is 7. The predicted octanol–water partition coefficient (Wildman–Crippen LogP) is 6.67. The Kier molecular flexibility index (Phi) is 9.70. The minimum atomic E-state index is -4.79. The first-order valence-corrected chi connectivity index (χ1v) is 22.7. The number of nitriles is 1. The van der Waals surface area contributed by atoms with E-state index in [1.807, 2.05) is 18.2 Å². The Hall–Kier alpha value is -7.13. The summed E-state index contributed by atoms with van der Waals surface area (Å²) in [5.74, 6) is -2.27. The Morgan fingerprint density at radius 3 is 2.31 bits per heavy atom. The first-order chi connectivity index (χ1) is 32.4.